The zero-order valence-corrected chi connectivity index (χ0v) is 9.23. The van der Waals surface area contributed by atoms with E-state index in [0.717, 1.165) is 6.08 Å². The molecule has 0 aromatic heterocycles. The summed E-state index contributed by atoms with van der Waals surface area (Å²) in [5.41, 5.74) is 0. The number of aliphatic carboxylic acids is 1. The molecule has 0 aliphatic carbocycles. The van der Waals surface area contributed by atoms with Crippen LogP contribution in [-0.2, 0) is 19.1 Å². The standard InChI is InChI=1S/C10H15NO5/c1-4-8(12)16-5-11-9(13)6(2)7(3)10(14)15/h4,6-7H,1,5H2,2-3H3,(H,11,13)(H,14,15). The molecule has 2 atom stereocenters. The van der Waals surface area contributed by atoms with Crippen LogP contribution in [0, 0.1) is 11.8 Å². The summed E-state index contributed by atoms with van der Waals surface area (Å²) in [4.78, 5) is 32.6. The van der Waals surface area contributed by atoms with Crippen molar-refractivity contribution < 1.29 is 24.2 Å². The first-order chi connectivity index (χ1) is 7.40. The molecule has 6 heteroatoms. The van der Waals surface area contributed by atoms with Crippen LogP contribution in [0.15, 0.2) is 12.7 Å². The number of ether oxygens (including phenoxy) is 1. The average Bonchev–Trinajstić information content (AvgIpc) is 2.26. The van der Waals surface area contributed by atoms with E-state index in [-0.39, 0.29) is 6.73 Å². The lowest BCUT2D eigenvalue weighted by Gasteiger charge is -2.15. The highest BCUT2D eigenvalue weighted by molar-refractivity contribution is 5.84. The quantitative estimate of drug-likeness (QED) is 0.384. The number of carbonyl (C=O) groups is 3. The Kier molecular flexibility index (Phi) is 5.84. The number of hydrogen-bond acceptors (Lipinski definition) is 4. The summed E-state index contributed by atoms with van der Waals surface area (Å²) >= 11 is 0. The zero-order valence-electron chi connectivity index (χ0n) is 9.23. The normalized spacial score (nSPS) is 13.4. The molecule has 6 nitrogen and oxygen atoms in total. The third-order valence-electron chi connectivity index (χ3n) is 2.18. The maximum absolute atomic E-state index is 11.4. The molecule has 2 N–H and O–H groups in total. The van der Waals surface area contributed by atoms with Gasteiger partial charge in [-0.05, 0) is 0 Å². The summed E-state index contributed by atoms with van der Waals surface area (Å²) in [5, 5.41) is 11.0. The van der Waals surface area contributed by atoms with E-state index < -0.39 is 29.7 Å². The largest absolute Gasteiger partial charge is 0.481 e. The molecule has 0 saturated heterocycles. The van der Waals surface area contributed by atoms with E-state index in [2.05, 4.69) is 16.6 Å². The highest BCUT2D eigenvalue weighted by atomic mass is 16.5. The maximum atomic E-state index is 11.4. The lowest BCUT2D eigenvalue weighted by atomic mass is 9.95. The second-order valence-corrected chi connectivity index (χ2v) is 3.27. The minimum Gasteiger partial charge on any atom is -0.481 e. The van der Waals surface area contributed by atoms with Gasteiger partial charge in [0, 0.05) is 12.0 Å². The van der Waals surface area contributed by atoms with Gasteiger partial charge in [-0.15, -0.1) is 0 Å². The number of esters is 1. The van der Waals surface area contributed by atoms with Crippen LogP contribution in [0.25, 0.3) is 0 Å². The van der Waals surface area contributed by atoms with Gasteiger partial charge in [-0.2, -0.15) is 0 Å². The fraction of sp³-hybridized carbons (Fsp3) is 0.500. The summed E-state index contributed by atoms with van der Waals surface area (Å²) in [5.74, 6) is -3.67. The van der Waals surface area contributed by atoms with Crippen molar-refractivity contribution in [1.82, 2.24) is 5.32 Å². The highest BCUT2D eigenvalue weighted by Crippen LogP contribution is 2.10. The van der Waals surface area contributed by atoms with E-state index in [0.29, 0.717) is 0 Å². The van der Waals surface area contributed by atoms with Gasteiger partial charge in [0.25, 0.3) is 0 Å². The van der Waals surface area contributed by atoms with Crippen molar-refractivity contribution in [3.63, 3.8) is 0 Å². The first-order valence-electron chi connectivity index (χ1n) is 4.69. The highest BCUT2D eigenvalue weighted by Gasteiger charge is 2.25. The summed E-state index contributed by atoms with van der Waals surface area (Å²) in [6, 6.07) is 0. The minimum absolute atomic E-state index is 0.291. The second kappa shape index (κ2) is 6.60. The van der Waals surface area contributed by atoms with Crippen LogP contribution < -0.4 is 5.32 Å². The van der Waals surface area contributed by atoms with Gasteiger partial charge in [0.2, 0.25) is 5.91 Å². The van der Waals surface area contributed by atoms with Gasteiger partial charge in [0.05, 0.1) is 5.92 Å². The Bertz CT molecular complexity index is 300. The molecule has 0 rings (SSSR count). The minimum atomic E-state index is -1.05. The topological polar surface area (TPSA) is 92.7 Å². The van der Waals surface area contributed by atoms with Crippen LogP contribution in [0.4, 0.5) is 0 Å². The van der Waals surface area contributed by atoms with Crippen molar-refractivity contribution >= 4 is 17.8 Å². The van der Waals surface area contributed by atoms with Gasteiger partial charge in [-0.3, -0.25) is 9.59 Å². The van der Waals surface area contributed by atoms with Gasteiger partial charge in [0.1, 0.15) is 0 Å². The van der Waals surface area contributed by atoms with E-state index in [1.807, 2.05) is 0 Å². The molecule has 1 amide bonds. The molecule has 0 bridgehead atoms. The van der Waals surface area contributed by atoms with Crippen molar-refractivity contribution in [2.75, 3.05) is 6.73 Å². The molecule has 0 saturated carbocycles. The van der Waals surface area contributed by atoms with Crippen molar-refractivity contribution in [2.45, 2.75) is 13.8 Å². The van der Waals surface area contributed by atoms with Crippen molar-refractivity contribution in [1.29, 1.82) is 0 Å². The van der Waals surface area contributed by atoms with Crippen LogP contribution in [0.3, 0.4) is 0 Å². The van der Waals surface area contributed by atoms with Gasteiger partial charge in [-0.25, -0.2) is 4.79 Å². The number of amides is 1. The average molecular weight is 229 g/mol. The Morgan fingerprint density at radius 1 is 1.38 bits per heavy atom. The summed E-state index contributed by atoms with van der Waals surface area (Å²) in [6.07, 6.45) is 0.968. The van der Waals surface area contributed by atoms with E-state index in [1.54, 1.807) is 0 Å². The first kappa shape index (κ1) is 14.2. The Balaban J connectivity index is 4.02. The fourth-order valence-corrected chi connectivity index (χ4v) is 0.839. The van der Waals surface area contributed by atoms with E-state index >= 15 is 0 Å². The van der Waals surface area contributed by atoms with E-state index in [4.69, 9.17) is 5.11 Å². The van der Waals surface area contributed by atoms with E-state index in [1.165, 1.54) is 13.8 Å². The summed E-state index contributed by atoms with van der Waals surface area (Å²) < 4.78 is 4.52. The molecule has 90 valence electrons. The smallest absolute Gasteiger partial charge is 0.331 e. The molecule has 0 aliphatic heterocycles. The number of nitrogens with one attached hydrogen (secondary N) is 1. The van der Waals surface area contributed by atoms with Crippen LogP contribution in [0.1, 0.15) is 13.8 Å². The number of carboxylic acid groups (broad SMARTS) is 1. The first-order valence-corrected chi connectivity index (χ1v) is 4.69. The molecule has 0 spiro atoms. The van der Waals surface area contributed by atoms with Crippen molar-refractivity contribution in [2.24, 2.45) is 11.8 Å². The second-order valence-electron chi connectivity index (χ2n) is 3.27. The van der Waals surface area contributed by atoms with Crippen molar-refractivity contribution in [3.05, 3.63) is 12.7 Å². The van der Waals surface area contributed by atoms with Gasteiger partial charge in [0.15, 0.2) is 6.73 Å². The predicted molar refractivity (Wildman–Crippen MR) is 55.3 cm³/mol. The molecule has 0 aromatic carbocycles. The summed E-state index contributed by atoms with van der Waals surface area (Å²) in [6.45, 7) is 5.81. The molecule has 0 aromatic rings. The molecular weight excluding hydrogens is 214 g/mol. The predicted octanol–water partition coefficient (Wildman–Crippen LogP) is 0.146. The van der Waals surface area contributed by atoms with E-state index in [9.17, 15) is 14.4 Å². The Hall–Kier alpha value is -1.85. The number of carbonyl (C=O) groups excluding carboxylic acids is 2. The Morgan fingerprint density at radius 2 is 1.94 bits per heavy atom. The van der Waals surface area contributed by atoms with Crippen LogP contribution in [-0.4, -0.2) is 29.7 Å². The van der Waals surface area contributed by atoms with Crippen LogP contribution in [0.5, 0.6) is 0 Å². The number of hydrogen-bond donors (Lipinski definition) is 2. The zero-order chi connectivity index (χ0) is 12.7. The monoisotopic (exact) mass is 229 g/mol. The van der Waals surface area contributed by atoms with Gasteiger partial charge < -0.3 is 15.2 Å². The molecule has 0 radical (unpaired) electrons. The maximum Gasteiger partial charge on any atom is 0.331 e. The molecule has 2 unspecified atom stereocenters. The molecule has 0 fully saturated rings. The molecular formula is C10H15NO5. The SMILES string of the molecule is C=CC(=O)OCNC(=O)C(C)C(C)C(=O)O. The third kappa shape index (κ3) is 4.59. The van der Waals surface area contributed by atoms with Gasteiger partial charge in [-0.1, -0.05) is 20.4 Å². The number of carboxylic acids is 1. The lowest BCUT2D eigenvalue weighted by Crippen LogP contribution is -2.36. The van der Waals surface area contributed by atoms with Gasteiger partial charge >= 0.3 is 11.9 Å². The molecule has 0 aliphatic rings. The Labute approximate surface area is 93.3 Å². The molecule has 0 heterocycles. The lowest BCUT2D eigenvalue weighted by molar-refractivity contribution is -0.147. The summed E-state index contributed by atoms with van der Waals surface area (Å²) in [7, 11) is 0. The van der Waals surface area contributed by atoms with Crippen LogP contribution >= 0.6 is 0 Å². The number of rotatable bonds is 6. The van der Waals surface area contributed by atoms with Crippen LogP contribution in [0.2, 0.25) is 0 Å². The molecule has 16 heavy (non-hydrogen) atoms. The van der Waals surface area contributed by atoms with Crippen molar-refractivity contribution in [3.8, 4) is 0 Å². The third-order valence-corrected chi connectivity index (χ3v) is 2.18. The Morgan fingerprint density at radius 3 is 2.38 bits per heavy atom. The fourth-order valence-electron chi connectivity index (χ4n) is 0.839.